The third-order valence-corrected chi connectivity index (χ3v) is 4.58. The zero-order valence-corrected chi connectivity index (χ0v) is 16.4. The summed E-state index contributed by atoms with van der Waals surface area (Å²) in [5, 5.41) is 23.6. The number of phenolic OH excluding ortho intramolecular Hbond substituents is 2. The van der Waals surface area contributed by atoms with Crippen molar-refractivity contribution in [1.29, 1.82) is 0 Å². The second-order valence-electron chi connectivity index (χ2n) is 7.13. The Morgan fingerprint density at radius 1 is 1.14 bits per heavy atom. The van der Waals surface area contributed by atoms with Crippen molar-refractivity contribution in [3.8, 4) is 22.6 Å². The molecule has 2 rings (SSSR count). The van der Waals surface area contributed by atoms with E-state index in [0.29, 0.717) is 29.7 Å². The van der Waals surface area contributed by atoms with Gasteiger partial charge in [-0.3, -0.25) is 4.79 Å². The average Bonchev–Trinajstić information content (AvgIpc) is 2.65. The Morgan fingerprint density at radius 3 is 2.43 bits per heavy atom. The molecule has 148 valence electrons. The number of carbonyl (C=O) groups is 1. The molecule has 0 unspecified atom stereocenters. The van der Waals surface area contributed by atoms with E-state index in [1.807, 2.05) is 19.9 Å². The van der Waals surface area contributed by atoms with Crippen LogP contribution >= 0.6 is 0 Å². The quantitative estimate of drug-likeness (QED) is 0.409. The van der Waals surface area contributed by atoms with Gasteiger partial charge in [-0.2, -0.15) is 0 Å². The summed E-state index contributed by atoms with van der Waals surface area (Å²) in [5.74, 6) is -0.268. The van der Waals surface area contributed by atoms with Crippen LogP contribution in [0.25, 0.3) is 11.1 Å². The van der Waals surface area contributed by atoms with Gasteiger partial charge in [0.05, 0.1) is 11.7 Å². The topological polar surface area (TPSA) is 95.6 Å². The van der Waals surface area contributed by atoms with Crippen LogP contribution in [-0.4, -0.2) is 22.2 Å². The number of nitrogens with two attached hydrogens (primary N) is 1. The Labute approximate surface area is 166 Å². The van der Waals surface area contributed by atoms with E-state index in [1.54, 1.807) is 36.4 Å². The normalized spacial score (nSPS) is 11.9. The summed E-state index contributed by atoms with van der Waals surface area (Å²) in [6.07, 6.45) is 4.52. The Morgan fingerprint density at radius 2 is 1.82 bits per heavy atom. The lowest BCUT2D eigenvalue weighted by Crippen LogP contribution is -2.39. The molecule has 0 bridgehead atoms. The van der Waals surface area contributed by atoms with Gasteiger partial charge < -0.3 is 21.3 Å². The minimum Gasteiger partial charge on any atom is -0.508 e. The lowest BCUT2D eigenvalue weighted by molar-refractivity contribution is -0.118. The molecule has 0 aliphatic rings. The van der Waals surface area contributed by atoms with Crippen LogP contribution in [0.4, 0.5) is 5.69 Å². The van der Waals surface area contributed by atoms with Gasteiger partial charge in [-0.1, -0.05) is 32.1 Å². The summed E-state index contributed by atoms with van der Waals surface area (Å²) in [6.45, 7) is 11.2. The SMILES string of the molecule is C=CCc1cc(NC(=O)[C@@H](N)C(C)C)c(O)c(-c2ccc(O)c(CC=C)c2)c1. The molecular weight excluding hydrogens is 352 g/mol. The standard InChI is InChI=1S/C23H28N2O3/c1-5-7-15-11-18(16-9-10-20(26)17(13-16)8-6-2)22(27)19(12-15)25-23(28)21(24)14(3)4/h5-6,9-14,21,26-27H,1-2,7-8,24H2,3-4H3,(H,25,28)/t21-/m0/s1. The maximum atomic E-state index is 12.4. The minimum absolute atomic E-state index is 0.0310. The molecule has 0 aliphatic heterocycles. The Kier molecular flexibility index (Phi) is 7.01. The second kappa shape index (κ2) is 9.24. The van der Waals surface area contributed by atoms with Crippen LogP contribution in [0.2, 0.25) is 0 Å². The first-order valence-electron chi connectivity index (χ1n) is 9.24. The van der Waals surface area contributed by atoms with Crippen molar-refractivity contribution < 1.29 is 15.0 Å². The lowest BCUT2D eigenvalue weighted by atomic mass is 9.96. The minimum atomic E-state index is -0.682. The van der Waals surface area contributed by atoms with Gasteiger partial charge in [-0.05, 0) is 59.7 Å². The molecule has 0 heterocycles. The number of allylic oxidation sites excluding steroid dienone is 2. The van der Waals surface area contributed by atoms with Crippen LogP contribution in [0.15, 0.2) is 55.6 Å². The van der Waals surface area contributed by atoms with Crippen molar-refractivity contribution in [3.63, 3.8) is 0 Å². The van der Waals surface area contributed by atoms with Crippen LogP contribution in [0.3, 0.4) is 0 Å². The first-order valence-corrected chi connectivity index (χ1v) is 9.24. The fraction of sp³-hybridized carbons (Fsp3) is 0.261. The number of anilines is 1. The molecule has 0 radical (unpaired) electrons. The predicted molar refractivity (Wildman–Crippen MR) is 114 cm³/mol. The van der Waals surface area contributed by atoms with Gasteiger partial charge in [-0.25, -0.2) is 0 Å². The van der Waals surface area contributed by atoms with E-state index in [2.05, 4.69) is 18.5 Å². The Balaban J connectivity index is 2.54. The van der Waals surface area contributed by atoms with Gasteiger partial charge in [0, 0.05) is 5.56 Å². The summed E-state index contributed by atoms with van der Waals surface area (Å²) in [7, 11) is 0. The highest BCUT2D eigenvalue weighted by molar-refractivity contribution is 5.97. The molecule has 2 aromatic carbocycles. The van der Waals surface area contributed by atoms with Crippen molar-refractivity contribution in [3.05, 3.63) is 66.8 Å². The highest BCUT2D eigenvalue weighted by Gasteiger charge is 2.20. The van der Waals surface area contributed by atoms with Gasteiger partial charge in [0.15, 0.2) is 0 Å². The van der Waals surface area contributed by atoms with Crippen LogP contribution in [0, 0.1) is 5.92 Å². The molecule has 0 saturated heterocycles. The third-order valence-electron chi connectivity index (χ3n) is 4.58. The maximum Gasteiger partial charge on any atom is 0.241 e. The van der Waals surface area contributed by atoms with Gasteiger partial charge in [0.2, 0.25) is 5.91 Å². The number of hydrogen-bond donors (Lipinski definition) is 4. The highest BCUT2D eigenvalue weighted by Crippen LogP contribution is 2.39. The predicted octanol–water partition coefficient (Wildman–Crippen LogP) is 4.14. The molecule has 1 amide bonds. The molecule has 0 fully saturated rings. The van der Waals surface area contributed by atoms with E-state index in [0.717, 1.165) is 11.1 Å². The van der Waals surface area contributed by atoms with E-state index >= 15 is 0 Å². The largest absolute Gasteiger partial charge is 0.508 e. The summed E-state index contributed by atoms with van der Waals surface area (Å²) in [6, 6.07) is 7.99. The smallest absolute Gasteiger partial charge is 0.241 e. The number of aromatic hydroxyl groups is 2. The number of carbonyl (C=O) groups excluding carboxylic acids is 1. The second-order valence-corrected chi connectivity index (χ2v) is 7.13. The van der Waals surface area contributed by atoms with E-state index in [1.165, 1.54) is 0 Å². The first-order chi connectivity index (χ1) is 13.3. The monoisotopic (exact) mass is 380 g/mol. The van der Waals surface area contributed by atoms with Gasteiger partial charge in [-0.15, -0.1) is 13.2 Å². The maximum absolute atomic E-state index is 12.4. The van der Waals surface area contributed by atoms with Crippen molar-refractivity contribution in [2.75, 3.05) is 5.32 Å². The van der Waals surface area contributed by atoms with Crippen molar-refractivity contribution in [2.45, 2.75) is 32.7 Å². The van der Waals surface area contributed by atoms with Crippen molar-refractivity contribution in [2.24, 2.45) is 11.7 Å². The summed E-state index contributed by atoms with van der Waals surface area (Å²) in [5.41, 5.74) is 9.09. The first kappa shape index (κ1) is 21.3. The molecule has 0 saturated carbocycles. The van der Waals surface area contributed by atoms with Crippen LogP contribution < -0.4 is 11.1 Å². The summed E-state index contributed by atoms with van der Waals surface area (Å²) < 4.78 is 0. The number of hydrogen-bond acceptors (Lipinski definition) is 4. The van der Waals surface area contributed by atoms with Crippen molar-refractivity contribution in [1.82, 2.24) is 0 Å². The number of nitrogens with one attached hydrogen (secondary N) is 1. The number of rotatable bonds is 8. The zero-order valence-electron chi connectivity index (χ0n) is 16.4. The molecule has 2 aromatic rings. The molecule has 28 heavy (non-hydrogen) atoms. The molecule has 0 aromatic heterocycles. The van der Waals surface area contributed by atoms with Gasteiger partial charge in [0.25, 0.3) is 0 Å². The molecular formula is C23H28N2O3. The van der Waals surface area contributed by atoms with Gasteiger partial charge in [0.1, 0.15) is 11.5 Å². The van der Waals surface area contributed by atoms with Crippen molar-refractivity contribution >= 4 is 11.6 Å². The van der Waals surface area contributed by atoms with E-state index in [9.17, 15) is 15.0 Å². The zero-order chi connectivity index (χ0) is 20.8. The van der Waals surface area contributed by atoms with Crippen LogP contribution in [-0.2, 0) is 17.6 Å². The molecule has 5 heteroatoms. The summed E-state index contributed by atoms with van der Waals surface area (Å²) in [4.78, 5) is 12.4. The van der Waals surface area contributed by atoms with E-state index in [4.69, 9.17) is 5.73 Å². The van der Waals surface area contributed by atoms with E-state index in [-0.39, 0.29) is 23.3 Å². The molecule has 5 nitrogen and oxygen atoms in total. The number of phenols is 2. The van der Waals surface area contributed by atoms with Crippen LogP contribution in [0.5, 0.6) is 11.5 Å². The fourth-order valence-corrected chi connectivity index (χ4v) is 2.88. The number of amides is 1. The molecule has 5 N–H and O–H groups in total. The van der Waals surface area contributed by atoms with Gasteiger partial charge >= 0.3 is 0 Å². The van der Waals surface area contributed by atoms with E-state index < -0.39 is 6.04 Å². The number of benzene rings is 2. The molecule has 0 spiro atoms. The summed E-state index contributed by atoms with van der Waals surface area (Å²) >= 11 is 0. The molecule has 1 atom stereocenters. The fourth-order valence-electron chi connectivity index (χ4n) is 2.88. The molecule has 0 aliphatic carbocycles. The van der Waals surface area contributed by atoms with Crippen LogP contribution in [0.1, 0.15) is 25.0 Å². The lowest BCUT2D eigenvalue weighted by Gasteiger charge is -2.18. The average molecular weight is 380 g/mol. The Bertz CT molecular complexity index is 888. The Hall–Kier alpha value is -3.05. The highest BCUT2D eigenvalue weighted by atomic mass is 16.3. The third kappa shape index (κ3) is 4.81.